The quantitative estimate of drug-likeness (QED) is 0.855. The summed E-state index contributed by atoms with van der Waals surface area (Å²) in [5.74, 6) is -0.248. The number of anilines is 1. The molecule has 1 unspecified atom stereocenters. The summed E-state index contributed by atoms with van der Waals surface area (Å²) in [7, 11) is 0. The predicted molar refractivity (Wildman–Crippen MR) is 67.1 cm³/mol. The molecule has 2 nitrogen and oxygen atoms in total. The highest BCUT2D eigenvalue weighted by atomic mass is 79.9. The summed E-state index contributed by atoms with van der Waals surface area (Å²) < 4.78 is 13.5. The maximum absolute atomic E-state index is 12.8. The number of aliphatic imine (C=N–C) groups is 1. The molecule has 5 heteroatoms. The summed E-state index contributed by atoms with van der Waals surface area (Å²) in [6, 6.07) is 4.56. The van der Waals surface area contributed by atoms with Gasteiger partial charge in [-0.3, -0.25) is 4.99 Å². The second kappa shape index (κ2) is 4.53. The van der Waals surface area contributed by atoms with Crippen LogP contribution < -0.4 is 5.32 Å². The minimum absolute atomic E-state index is 0.248. The molecule has 1 aliphatic rings. The Morgan fingerprint density at radius 3 is 3.00 bits per heavy atom. The summed E-state index contributed by atoms with van der Waals surface area (Å²) in [5.41, 5.74) is 0.844. The van der Waals surface area contributed by atoms with E-state index >= 15 is 0 Å². The van der Waals surface area contributed by atoms with E-state index < -0.39 is 0 Å². The van der Waals surface area contributed by atoms with Crippen LogP contribution in [0, 0.1) is 5.82 Å². The van der Waals surface area contributed by atoms with Crippen LogP contribution in [0.15, 0.2) is 27.7 Å². The van der Waals surface area contributed by atoms with Crippen molar-refractivity contribution in [2.75, 3.05) is 11.9 Å². The van der Waals surface area contributed by atoms with E-state index in [2.05, 4.69) is 33.2 Å². The Kier molecular flexibility index (Phi) is 3.31. The molecule has 15 heavy (non-hydrogen) atoms. The van der Waals surface area contributed by atoms with Gasteiger partial charge in [0.25, 0.3) is 0 Å². The largest absolute Gasteiger partial charge is 0.334 e. The molecule has 0 aliphatic carbocycles. The van der Waals surface area contributed by atoms with E-state index in [4.69, 9.17) is 0 Å². The molecule has 0 saturated heterocycles. The lowest BCUT2D eigenvalue weighted by molar-refractivity contribution is 0.627. The smallest absolute Gasteiger partial charge is 0.161 e. The molecular weight excluding hydrogens is 279 g/mol. The standard InChI is InChI=1S/C10H10BrFN2S/c1-6-5-13-10(15-6)14-9-3-2-7(12)4-8(9)11/h2-4,6H,5H2,1H3,(H,13,14). The van der Waals surface area contributed by atoms with Crippen LogP contribution in [0.3, 0.4) is 0 Å². The van der Waals surface area contributed by atoms with Crippen LogP contribution in [0.2, 0.25) is 0 Å². The molecular formula is C10H10BrFN2S. The van der Waals surface area contributed by atoms with Crippen LogP contribution in [-0.2, 0) is 0 Å². The number of thioether (sulfide) groups is 1. The molecule has 1 aliphatic heterocycles. The third-order valence-corrected chi connectivity index (χ3v) is 3.64. The van der Waals surface area contributed by atoms with E-state index in [0.717, 1.165) is 17.4 Å². The molecule has 0 saturated carbocycles. The molecule has 0 bridgehead atoms. The molecule has 0 radical (unpaired) electrons. The van der Waals surface area contributed by atoms with Gasteiger partial charge >= 0.3 is 0 Å². The summed E-state index contributed by atoms with van der Waals surface area (Å²) >= 11 is 5.00. The average molecular weight is 289 g/mol. The van der Waals surface area contributed by atoms with E-state index in [1.807, 2.05) is 0 Å². The molecule has 2 rings (SSSR count). The second-order valence-electron chi connectivity index (χ2n) is 3.32. The Hall–Kier alpha value is -0.550. The Labute approximate surface area is 100 Å². The molecule has 1 heterocycles. The monoisotopic (exact) mass is 288 g/mol. The van der Waals surface area contributed by atoms with Gasteiger partial charge in [0.15, 0.2) is 5.17 Å². The topological polar surface area (TPSA) is 24.4 Å². The lowest BCUT2D eigenvalue weighted by Gasteiger charge is -2.07. The third-order valence-electron chi connectivity index (χ3n) is 1.98. The first kappa shape index (κ1) is 11.0. The lowest BCUT2D eigenvalue weighted by Crippen LogP contribution is -2.06. The van der Waals surface area contributed by atoms with Crippen molar-refractivity contribution >= 4 is 38.5 Å². The van der Waals surface area contributed by atoms with Crippen molar-refractivity contribution in [1.29, 1.82) is 0 Å². The van der Waals surface area contributed by atoms with Crippen LogP contribution in [-0.4, -0.2) is 17.0 Å². The highest BCUT2D eigenvalue weighted by Gasteiger charge is 2.15. The third kappa shape index (κ3) is 2.72. The SMILES string of the molecule is CC1CN=C(Nc2ccc(F)cc2Br)S1. The van der Waals surface area contributed by atoms with Crippen LogP contribution in [0.25, 0.3) is 0 Å². The maximum atomic E-state index is 12.8. The van der Waals surface area contributed by atoms with Gasteiger partial charge in [-0.15, -0.1) is 0 Å². The minimum atomic E-state index is -0.248. The molecule has 1 aromatic rings. The first-order chi connectivity index (χ1) is 7.15. The van der Waals surface area contributed by atoms with Gasteiger partial charge in [-0.2, -0.15) is 0 Å². The van der Waals surface area contributed by atoms with E-state index in [1.165, 1.54) is 12.1 Å². The van der Waals surface area contributed by atoms with Crippen molar-refractivity contribution in [3.05, 3.63) is 28.5 Å². The Balaban J connectivity index is 2.11. The number of amidine groups is 1. The van der Waals surface area contributed by atoms with E-state index in [-0.39, 0.29) is 5.82 Å². The van der Waals surface area contributed by atoms with Gasteiger partial charge < -0.3 is 5.32 Å². The average Bonchev–Trinajstić information content (AvgIpc) is 2.56. The number of halogens is 2. The number of nitrogens with one attached hydrogen (secondary N) is 1. The lowest BCUT2D eigenvalue weighted by atomic mass is 10.3. The highest BCUT2D eigenvalue weighted by molar-refractivity contribution is 9.10. The van der Waals surface area contributed by atoms with Gasteiger partial charge in [0.05, 0.1) is 12.2 Å². The van der Waals surface area contributed by atoms with Gasteiger partial charge in [0, 0.05) is 9.72 Å². The van der Waals surface area contributed by atoms with Crippen molar-refractivity contribution in [2.24, 2.45) is 4.99 Å². The molecule has 0 amide bonds. The van der Waals surface area contributed by atoms with Crippen molar-refractivity contribution in [1.82, 2.24) is 0 Å². The summed E-state index contributed by atoms with van der Waals surface area (Å²) in [6.07, 6.45) is 0. The Morgan fingerprint density at radius 1 is 1.60 bits per heavy atom. The van der Waals surface area contributed by atoms with E-state index in [0.29, 0.717) is 9.72 Å². The number of rotatable bonds is 1. The van der Waals surface area contributed by atoms with Crippen molar-refractivity contribution in [3.63, 3.8) is 0 Å². The van der Waals surface area contributed by atoms with Crippen molar-refractivity contribution in [3.8, 4) is 0 Å². The molecule has 80 valence electrons. The van der Waals surface area contributed by atoms with Crippen LogP contribution in [0.1, 0.15) is 6.92 Å². The zero-order valence-corrected chi connectivity index (χ0v) is 10.5. The zero-order chi connectivity index (χ0) is 10.8. The molecule has 1 aromatic carbocycles. The minimum Gasteiger partial charge on any atom is -0.334 e. The second-order valence-corrected chi connectivity index (χ2v) is 5.60. The van der Waals surface area contributed by atoms with Gasteiger partial charge in [0.2, 0.25) is 0 Å². The van der Waals surface area contributed by atoms with Crippen molar-refractivity contribution < 1.29 is 4.39 Å². The number of nitrogens with zero attached hydrogens (tertiary/aromatic N) is 1. The fraction of sp³-hybridized carbons (Fsp3) is 0.300. The maximum Gasteiger partial charge on any atom is 0.161 e. The predicted octanol–water partition coefficient (Wildman–Crippen LogP) is 3.49. The Bertz CT molecular complexity index is 408. The van der Waals surface area contributed by atoms with Crippen LogP contribution >= 0.6 is 27.7 Å². The van der Waals surface area contributed by atoms with Gasteiger partial charge in [-0.05, 0) is 34.1 Å². The summed E-state index contributed by atoms with van der Waals surface area (Å²) in [6.45, 7) is 2.97. The van der Waals surface area contributed by atoms with Crippen LogP contribution in [0.4, 0.5) is 10.1 Å². The van der Waals surface area contributed by atoms with Gasteiger partial charge in [0.1, 0.15) is 5.82 Å². The molecule has 0 aromatic heterocycles. The number of benzene rings is 1. The fourth-order valence-electron chi connectivity index (χ4n) is 1.25. The normalized spacial score (nSPS) is 20.2. The fourth-order valence-corrected chi connectivity index (χ4v) is 2.55. The highest BCUT2D eigenvalue weighted by Crippen LogP contribution is 2.27. The number of hydrogen-bond donors (Lipinski definition) is 1. The number of hydrogen-bond acceptors (Lipinski definition) is 3. The summed E-state index contributed by atoms with van der Waals surface area (Å²) in [4.78, 5) is 4.33. The van der Waals surface area contributed by atoms with E-state index in [1.54, 1.807) is 17.8 Å². The summed E-state index contributed by atoms with van der Waals surface area (Å²) in [5, 5.41) is 4.58. The van der Waals surface area contributed by atoms with Crippen LogP contribution in [0.5, 0.6) is 0 Å². The van der Waals surface area contributed by atoms with E-state index in [9.17, 15) is 4.39 Å². The first-order valence-corrected chi connectivity index (χ1v) is 6.25. The first-order valence-electron chi connectivity index (χ1n) is 4.58. The molecule has 0 fully saturated rings. The van der Waals surface area contributed by atoms with Crippen molar-refractivity contribution in [2.45, 2.75) is 12.2 Å². The molecule has 1 atom stereocenters. The van der Waals surface area contributed by atoms with Gasteiger partial charge in [-0.1, -0.05) is 18.7 Å². The Morgan fingerprint density at radius 2 is 2.40 bits per heavy atom. The molecule has 0 spiro atoms. The van der Waals surface area contributed by atoms with Gasteiger partial charge in [-0.25, -0.2) is 4.39 Å². The zero-order valence-electron chi connectivity index (χ0n) is 8.13. The molecule has 1 N–H and O–H groups in total.